The highest BCUT2D eigenvalue weighted by atomic mass is 127. The summed E-state index contributed by atoms with van der Waals surface area (Å²) in [6.07, 6.45) is -6.59. The van der Waals surface area contributed by atoms with Gasteiger partial charge in [0.05, 0.1) is 5.69 Å². The number of para-hydroxylation sites is 1. The number of esters is 4. The summed E-state index contributed by atoms with van der Waals surface area (Å²) in [7, 11) is 0. The summed E-state index contributed by atoms with van der Waals surface area (Å²) in [6, 6.07) is 6.26. The van der Waals surface area contributed by atoms with E-state index in [1.54, 1.807) is 24.3 Å². The molecular weight excluding hydrogens is 567 g/mol. The van der Waals surface area contributed by atoms with Crippen LogP contribution in [0.25, 0.3) is 0 Å². The lowest BCUT2D eigenvalue weighted by Gasteiger charge is -2.44. The first-order valence-corrected chi connectivity index (χ1v) is 11.2. The number of benzene rings is 1. The van der Waals surface area contributed by atoms with Gasteiger partial charge in [-0.25, -0.2) is 4.79 Å². The molecular formula is C21H25IN2O10. The van der Waals surface area contributed by atoms with Gasteiger partial charge in [-0.05, 0) is 34.7 Å². The Morgan fingerprint density at radius 1 is 0.853 bits per heavy atom. The summed E-state index contributed by atoms with van der Waals surface area (Å²) in [4.78, 5) is 59.4. The van der Waals surface area contributed by atoms with Crippen LogP contribution in [0, 0.1) is 3.57 Å². The van der Waals surface area contributed by atoms with Gasteiger partial charge >= 0.3 is 29.9 Å². The molecule has 0 saturated carbocycles. The van der Waals surface area contributed by atoms with Crippen LogP contribution in [0.15, 0.2) is 24.3 Å². The van der Waals surface area contributed by atoms with E-state index >= 15 is 0 Å². The van der Waals surface area contributed by atoms with Gasteiger partial charge in [-0.15, -0.1) is 0 Å². The molecule has 5 atom stereocenters. The number of urea groups is 1. The first-order valence-electron chi connectivity index (χ1n) is 10.1. The number of nitrogens with one attached hydrogen (secondary N) is 2. The Kier molecular flexibility index (Phi) is 10.0. The summed E-state index contributed by atoms with van der Waals surface area (Å²) >= 11 is 2.04. The number of amides is 2. The number of hydrogen-bond acceptors (Lipinski definition) is 10. The van der Waals surface area contributed by atoms with Crippen LogP contribution in [0.4, 0.5) is 10.5 Å². The molecule has 0 aromatic heterocycles. The maximum atomic E-state index is 12.7. The third kappa shape index (κ3) is 8.13. The summed E-state index contributed by atoms with van der Waals surface area (Å²) in [5.41, 5.74) is 0.506. The van der Waals surface area contributed by atoms with E-state index in [0.29, 0.717) is 5.69 Å². The van der Waals surface area contributed by atoms with Gasteiger partial charge in [-0.1, -0.05) is 12.1 Å². The Labute approximate surface area is 209 Å². The summed E-state index contributed by atoms with van der Waals surface area (Å²) in [5, 5.41) is 5.16. The average molecular weight is 592 g/mol. The molecule has 1 aromatic carbocycles. The zero-order chi connectivity index (χ0) is 25.4. The van der Waals surface area contributed by atoms with Crippen molar-refractivity contribution >= 4 is 58.2 Å². The average Bonchev–Trinajstić information content (AvgIpc) is 2.71. The van der Waals surface area contributed by atoms with Crippen LogP contribution >= 0.6 is 22.6 Å². The molecule has 0 spiro atoms. The molecule has 2 N–H and O–H groups in total. The van der Waals surface area contributed by atoms with Gasteiger partial charge in [0.2, 0.25) is 0 Å². The van der Waals surface area contributed by atoms with Crippen molar-refractivity contribution < 1.29 is 47.7 Å². The number of rotatable bonds is 7. The molecule has 0 unspecified atom stereocenters. The molecule has 1 saturated heterocycles. The monoisotopic (exact) mass is 592 g/mol. The molecule has 1 aliphatic rings. The molecule has 12 nitrogen and oxygen atoms in total. The highest BCUT2D eigenvalue weighted by molar-refractivity contribution is 14.1. The summed E-state index contributed by atoms with van der Waals surface area (Å²) in [6.45, 7) is 4.11. The number of carbonyl (C=O) groups excluding carboxylic acids is 5. The van der Waals surface area contributed by atoms with Gasteiger partial charge in [0, 0.05) is 31.3 Å². The van der Waals surface area contributed by atoms with Gasteiger partial charge in [0.1, 0.15) is 12.7 Å². The minimum atomic E-state index is -1.39. The van der Waals surface area contributed by atoms with Gasteiger partial charge in [-0.2, -0.15) is 0 Å². The zero-order valence-electron chi connectivity index (χ0n) is 18.9. The summed E-state index contributed by atoms with van der Waals surface area (Å²) < 4.78 is 27.5. The van der Waals surface area contributed by atoms with Crippen molar-refractivity contribution in [2.75, 3.05) is 11.9 Å². The molecule has 1 heterocycles. The highest BCUT2D eigenvalue weighted by Gasteiger charge is 2.52. The third-order valence-corrected chi connectivity index (χ3v) is 5.33. The third-order valence-electron chi connectivity index (χ3n) is 4.39. The van der Waals surface area contributed by atoms with Gasteiger partial charge in [-0.3, -0.25) is 19.2 Å². The maximum Gasteiger partial charge on any atom is 0.321 e. The molecule has 2 amide bonds. The van der Waals surface area contributed by atoms with Gasteiger partial charge in [0.25, 0.3) is 0 Å². The van der Waals surface area contributed by atoms with Crippen molar-refractivity contribution in [3.05, 3.63) is 27.8 Å². The van der Waals surface area contributed by atoms with E-state index < -0.39 is 67.2 Å². The fourth-order valence-corrected chi connectivity index (χ4v) is 3.72. The molecule has 0 radical (unpaired) electrons. The second kappa shape index (κ2) is 12.5. The summed E-state index contributed by atoms with van der Waals surface area (Å²) in [5.74, 6) is -2.93. The zero-order valence-corrected chi connectivity index (χ0v) is 21.0. The van der Waals surface area contributed by atoms with Crippen LogP contribution in [0.5, 0.6) is 0 Å². The predicted octanol–water partition coefficient (Wildman–Crippen LogP) is 1.50. The van der Waals surface area contributed by atoms with Crippen molar-refractivity contribution in [3.63, 3.8) is 0 Å². The molecule has 13 heteroatoms. The minimum absolute atomic E-state index is 0.395. The first kappa shape index (κ1) is 27.3. The van der Waals surface area contributed by atoms with Crippen LogP contribution in [0.2, 0.25) is 0 Å². The van der Waals surface area contributed by atoms with E-state index in [-0.39, 0.29) is 0 Å². The van der Waals surface area contributed by atoms with E-state index in [1.165, 1.54) is 6.92 Å². The lowest BCUT2D eigenvalue weighted by Crippen LogP contribution is -2.66. The molecule has 186 valence electrons. The molecule has 34 heavy (non-hydrogen) atoms. The predicted molar refractivity (Wildman–Crippen MR) is 123 cm³/mol. The normalized spacial score (nSPS) is 23.7. The van der Waals surface area contributed by atoms with E-state index in [1.807, 2.05) is 22.6 Å². The fourth-order valence-electron chi connectivity index (χ4n) is 3.19. The van der Waals surface area contributed by atoms with Crippen molar-refractivity contribution in [1.29, 1.82) is 0 Å². The van der Waals surface area contributed by atoms with Crippen molar-refractivity contribution in [1.82, 2.24) is 5.32 Å². The van der Waals surface area contributed by atoms with E-state index in [4.69, 9.17) is 23.7 Å². The second-order valence-electron chi connectivity index (χ2n) is 7.20. The Bertz CT molecular complexity index is 940. The van der Waals surface area contributed by atoms with Gasteiger partial charge in [0.15, 0.2) is 24.5 Å². The molecule has 1 aromatic rings. The minimum Gasteiger partial charge on any atom is -0.463 e. The SMILES string of the molecule is CC(=O)OC[C@@H]1O[C@@H](NC(=O)Nc2ccccc2I)[C@@H](OC(C)=O)[C@H](OC(C)=O)[C@H]1OC(C)=O. The molecule has 1 fully saturated rings. The van der Waals surface area contributed by atoms with E-state index in [2.05, 4.69) is 10.6 Å². The largest absolute Gasteiger partial charge is 0.463 e. The van der Waals surface area contributed by atoms with Crippen LogP contribution in [0.1, 0.15) is 27.7 Å². The Morgan fingerprint density at radius 2 is 1.41 bits per heavy atom. The van der Waals surface area contributed by atoms with E-state index in [9.17, 15) is 24.0 Å². The Balaban J connectivity index is 2.37. The lowest BCUT2D eigenvalue weighted by molar-refractivity contribution is -0.255. The highest BCUT2D eigenvalue weighted by Crippen LogP contribution is 2.28. The Hall–Kier alpha value is -2.94. The van der Waals surface area contributed by atoms with Crippen LogP contribution in [-0.4, -0.2) is 67.2 Å². The van der Waals surface area contributed by atoms with Crippen molar-refractivity contribution in [2.24, 2.45) is 0 Å². The molecule has 1 aliphatic heterocycles. The fraction of sp³-hybridized carbons (Fsp3) is 0.476. The molecule has 0 bridgehead atoms. The number of anilines is 1. The first-order chi connectivity index (χ1) is 16.0. The van der Waals surface area contributed by atoms with Crippen molar-refractivity contribution in [3.8, 4) is 0 Å². The standard InChI is InChI=1S/C21H25IN2O10/c1-10(25)30-9-16-17(31-11(2)26)18(32-12(3)27)19(33-13(4)28)20(34-16)24-21(29)23-15-8-6-5-7-14(15)22/h5-8,16-20H,9H2,1-4H3,(H2,23,24,29)/t16-,17-,18+,19-,20+/m0/s1. The topological polar surface area (TPSA) is 156 Å². The molecule has 0 aliphatic carbocycles. The van der Waals surface area contributed by atoms with E-state index in [0.717, 1.165) is 24.3 Å². The maximum absolute atomic E-state index is 12.7. The number of hydrogen-bond donors (Lipinski definition) is 2. The van der Waals surface area contributed by atoms with Crippen LogP contribution in [-0.2, 0) is 42.9 Å². The lowest BCUT2D eigenvalue weighted by atomic mass is 9.97. The second-order valence-corrected chi connectivity index (χ2v) is 8.36. The Morgan fingerprint density at radius 3 is 1.97 bits per heavy atom. The number of ether oxygens (including phenoxy) is 5. The smallest absolute Gasteiger partial charge is 0.321 e. The number of carbonyl (C=O) groups is 5. The van der Waals surface area contributed by atoms with Crippen LogP contribution < -0.4 is 10.6 Å². The van der Waals surface area contributed by atoms with Gasteiger partial charge < -0.3 is 34.3 Å². The quantitative estimate of drug-likeness (QED) is 0.270. The molecule has 2 rings (SSSR count). The van der Waals surface area contributed by atoms with Crippen molar-refractivity contribution in [2.45, 2.75) is 58.3 Å². The number of halogens is 1. The van der Waals surface area contributed by atoms with Crippen LogP contribution in [0.3, 0.4) is 0 Å².